The van der Waals surface area contributed by atoms with Crippen LogP contribution < -0.4 is 10.6 Å². The average Bonchev–Trinajstić information content (AvgIpc) is 3.31. The van der Waals surface area contributed by atoms with Gasteiger partial charge in [-0.3, -0.25) is 14.9 Å². The molecule has 0 radical (unpaired) electrons. The van der Waals surface area contributed by atoms with Gasteiger partial charge in [-0.25, -0.2) is 4.79 Å². The predicted molar refractivity (Wildman–Crippen MR) is 90.2 cm³/mol. The third-order valence-electron chi connectivity index (χ3n) is 5.35. The van der Waals surface area contributed by atoms with Gasteiger partial charge in [-0.05, 0) is 42.9 Å². The number of halogens is 1. The lowest BCUT2D eigenvalue weighted by Gasteiger charge is -2.37. The minimum atomic E-state index is -0.817. The molecule has 4 amide bonds. The third-order valence-corrected chi connectivity index (χ3v) is 5.88. The van der Waals surface area contributed by atoms with Gasteiger partial charge in [0.2, 0.25) is 5.91 Å². The van der Waals surface area contributed by atoms with E-state index in [-0.39, 0.29) is 17.7 Å². The highest BCUT2D eigenvalue weighted by atomic mass is 79.9. The number of amides is 4. The quantitative estimate of drug-likeness (QED) is 0.753. The maximum Gasteiger partial charge on any atom is 0.322 e. The van der Waals surface area contributed by atoms with E-state index in [0.717, 1.165) is 10.9 Å². The summed E-state index contributed by atoms with van der Waals surface area (Å²) in [6, 6.07) is 7.69. The molecule has 2 saturated heterocycles. The normalized spacial score (nSPS) is 27.8. The standard InChI is InChI=1S/C17H18BrN3O3/c18-11-3-1-10(2-4-11)12-9-13(12)14(22)21-7-5-17(6-8-21)15(23)19-16(24)20-17/h1-4,12-13H,5-9H2,(H2,19,20,23,24). The molecule has 2 heterocycles. The van der Waals surface area contributed by atoms with E-state index in [1.165, 1.54) is 5.56 Å². The highest BCUT2D eigenvalue weighted by molar-refractivity contribution is 9.10. The van der Waals surface area contributed by atoms with Crippen molar-refractivity contribution in [3.05, 3.63) is 34.3 Å². The summed E-state index contributed by atoms with van der Waals surface area (Å²) in [4.78, 5) is 37.8. The number of likely N-dealkylation sites (tertiary alicyclic amines) is 1. The van der Waals surface area contributed by atoms with Gasteiger partial charge in [0.25, 0.3) is 5.91 Å². The number of carbonyl (C=O) groups excluding carboxylic acids is 3. The Morgan fingerprint density at radius 3 is 2.42 bits per heavy atom. The van der Waals surface area contributed by atoms with Gasteiger partial charge in [-0.15, -0.1) is 0 Å². The largest absolute Gasteiger partial charge is 0.342 e. The van der Waals surface area contributed by atoms with Gasteiger partial charge in [0, 0.05) is 23.5 Å². The summed E-state index contributed by atoms with van der Waals surface area (Å²) in [6.45, 7) is 1.02. The van der Waals surface area contributed by atoms with Crippen molar-refractivity contribution in [1.29, 1.82) is 0 Å². The number of rotatable bonds is 2. The number of imide groups is 1. The molecule has 6 nitrogen and oxygen atoms in total. The van der Waals surface area contributed by atoms with Crippen LogP contribution in [0.15, 0.2) is 28.7 Å². The summed E-state index contributed by atoms with van der Waals surface area (Å²) in [5, 5.41) is 5.01. The zero-order valence-electron chi connectivity index (χ0n) is 13.0. The first-order valence-electron chi connectivity index (χ1n) is 8.16. The van der Waals surface area contributed by atoms with Crippen molar-refractivity contribution in [2.24, 2.45) is 5.92 Å². The molecule has 24 heavy (non-hydrogen) atoms. The van der Waals surface area contributed by atoms with Crippen molar-refractivity contribution in [3.8, 4) is 0 Å². The minimum Gasteiger partial charge on any atom is -0.342 e. The van der Waals surface area contributed by atoms with Crippen LogP contribution in [0.4, 0.5) is 4.79 Å². The Bertz CT molecular complexity index is 710. The molecule has 3 aliphatic rings. The van der Waals surface area contributed by atoms with Crippen LogP contribution >= 0.6 is 15.9 Å². The Hall–Kier alpha value is -1.89. The molecule has 1 aromatic rings. The van der Waals surface area contributed by atoms with Crippen LogP contribution in [0.2, 0.25) is 0 Å². The van der Waals surface area contributed by atoms with Gasteiger partial charge in [0.15, 0.2) is 0 Å². The Labute approximate surface area is 148 Å². The molecule has 2 N–H and O–H groups in total. The Balaban J connectivity index is 1.37. The average molecular weight is 392 g/mol. The summed E-state index contributed by atoms with van der Waals surface area (Å²) in [6.07, 6.45) is 1.84. The van der Waals surface area contributed by atoms with E-state index in [2.05, 4.69) is 38.7 Å². The first-order valence-corrected chi connectivity index (χ1v) is 8.96. The van der Waals surface area contributed by atoms with E-state index >= 15 is 0 Å². The minimum absolute atomic E-state index is 0.0484. The molecule has 3 fully saturated rings. The van der Waals surface area contributed by atoms with Crippen LogP contribution in [0.3, 0.4) is 0 Å². The topological polar surface area (TPSA) is 78.5 Å². The number of hydrogen-bond donors (Lipinski definition) is 2. The van der Waals surface area contributed by atoms with Crippen molar-refractivity contribution in [1.82, 2.24) is 15.5 Å². The number of benzene rings is 1. The number of urea groups is 1. The van der Waals surface area contributed by atoms with E-state index < -0.39 is 11.6 Å². The van der Waals surface area contributed by atoms with Crippen molar-refractivity contribution >= 4 is 33.8 Å². The first-order chi connectivity index (χ1) is 11.5. The van der Waals surface area contributed by atoms with Crippen molar-refractivity contribution in [2.45, 2.75) is 30.7 Å². The number of nitrogens with one attached hydrogen (secondary N) is 2. The highest BCUT2D eigenvalue weighted by Crippen LogP contribution is 2.49. The van der Waals surface area contributed by atoms with Gasteiger partial charge in [-0.2, -0.15) is 0 Å². The number of carbonyl (C=O) groups is 3. The van der Waals surface area contributed by atoms with Crippen LogP contribution in [0.25, 0.3) is 0 Å². The second-order valence-corrected chi connectivity index (χ2v) is 7.73. The molecule has 2 aliphatic heterocycles. The fourth-order valence-electron chi connectivity index (χ4n) is 3.77. The van der Waals surface area contributed by atoms with E-state index in [0.29, 0.717) is 31.8 Å². The second-order valence-electron chi connectivity index (χ2n) is 6.82. The van der Waals surface area contributed by atoms with E-state index in [1.807, 2.05) is 17.0 Å². The van der Waals surface area contributed by atoms with E-state index in [4.69, 9.17) is 0 Å². The van der Waals surface area contributed by atoms with Gasteiger partial charge < -0.3 is 10.2 Å². The molecule has 1 aliphatic carbocycles. The Morgan fingerprint density at radius 2 is 1.83 bits per heavy atom. The molecular weight excluding hydrogens is 374 g/mol. The molecule has 126 valence electrons. The van der Waals surface area contributed by atoms with Gasteiger partial charge in [-0.1, -0.05) is 28.1 Å². The lowest BCUT2D eigenvalue weighted by molar-refractivity contribution is -0.137. The first kappa shape index (κ1) is 15.6. The van der Waals surface area contributed by atoms with Crippen LogP contribution in [-0.4, -0.2) is 41.4 Å². The molecule has 4 rings (SSSR count). The second kappa shape index (κ2) is 5.58. The van der Waals surface area contributed by atoms with Gasteiger partial charge >= 0.3 is 6.03 Å². The summed E-state index contributed by atoms with van der Waals surface area (Å²) in [5.41, 5.74) is 0.384. The fourth-order valence-corrected chi connectivity index (χ4v) is 4.03. The molecule has 0 aromatic heterocycles. The number of nitrogens with zero attached hydrogens (tertiary/aromatic N) is 1. The smallest absolute Gasteiger partial charge is 0.322 e. The molecule has 1 aromatic carbocycles. The highest BCUT2D eigenvalue weighted by Gasteiger charge is 2.51. The fraction of sp³-hybridized carbons (Fsp3) is 0.471. The van der Waals surface area contributed by atoms with E-state index in [1.54, 1.807) is 0 Å². The zero-order valence-corrected chi connectivity index (χ0v) is 14.6. The van der Waals surface area contributed by atoms with Gasteiger partial charge in [0.1, 0.15) is 5.54 Å². The number of hydrogen-bond acceptors (Lipinski definition) is 3. The Morgan fingerprint density at radius 1 is 1.17 bits per heavy atom. The third kappa shape index (κ3) is 2.60. The molecule has 0 bridgehead atoms. The molecule has 2 atom stereocenters. The van der Waals surface area contributed by atoms with Crippen molar-refractivity contribution in [2.75, 3.05) is 13.1 Å². The maximum atomic E-state index is 12.7. The summed E-state index contributed by atoms with van der Waals surface area (Å²) < 4.78 is 1.04. The maximum absolute atomic E-state index is 12.7. The monoisotopic (exact) mass is 391 g/mol. The predicted octanol–water partition coefficient (Wildman–Crippen LogP) is 1.75. The summed E-state index contributed by atoms with van der Waals surface area (Å²) >= 11 is 3.42. The van der Waals surface area contributed by atoms with Crippen LogP contribution in [0.5, 0.6) is 0 Å². The SMILES string of the molecule is O=C1NC(=O)C2(CCN(C(=O)C3CC3c3ccc(Br)cc3)CC2)N1. The van der Waals surface area contributed by atoms with Crippen molar-refractivity contribution < 1.29 is 14.4 Å². The van der Waals surface area contributed by atoms with Crippen molar-refractivity contribution in [3.63, 3.8) is 0 Å². The van der Waals surface area contributed by atoms with Crippen LogP contribution in [0, 0.1) is 5.92 Å². The van der Waals surface area contributed by atoms with Gasteiger partial charge in [0.05, 0.1) is 0 Å². The summed E-state index contributed by atoms with van der Waals surface area (Å²) in [7, 11) is 0. The van der Waals surface area contributed by atoms with E-state index in [9.17, 15) is 14.4 Å². The molecule has 7 heteroatoms. The van der Waals surface area contributed by atoms with Crippen LogP contribution in [-0.2, 0) is 9.59 Å². The lowest BCUT2D eigenvalue weighted by Crippen LogP contribution is -2.56. The zero-order chi connectivity index (χ0) is 16.9. The molecule has 1 spiro atoms. The molecule has 1 saturated carbocycles. The number of piperidine rings is 1. The van der Waals surface area contributed by atoms with Crippen LogP contribution in [0.1, 0.15) is 30.7 Å². The Kier molecular flexibility index (Phi) is 3.63. The molecule has 2 unspecified atom stereocenters. The molecular formula is C17H18BrN3O3. The summed E-state index contributed by atoms with van der Waals surface area (Å²) in [5.74, 6) is 0.254. The lowest BCUT2D eigenvalue weighted by atomic mass is 9.87.